The van der Waals surface area contributed by atoms with Gasteiger partial charge >= 0.3 is 0 Å². The smallest absolute Gasteiger partial charge is 0.243 e. The molecule has 3 rings (SSSR count). The fraction of sp³-hybridized carbons (Fsp3) is 0.350. The van der Waals surface area contributed by atoms with E-state index in [9.17, 15) is 13.7 Å². The summed E-state index contributed by atoms with van der Waals surface area (Å²) in [5, 5.41) is 9.78. The predicted octanol–water partition coefficient (Wildman–Crippen LogP) is 2.95. The topological polar surface area (TPSA) is 79.6 Å². The summed E-state index contributed by atoms with van der Waals surface area (Å²) in [5.41, 5.74) is 0.292. The van der Waals surface area contributed by atoms with Crippen LogP contribution in [0.5, 0.6) is 11.5 Å². The van der Waals surface area contributed by atoms with Gasteiger partial charge in [0, 0.05) is 19.2 Å². The van der Waals surface area contributed by atoms with Gasteiger partial charge < -0.3 is 9.47 Å². The van der Waals surface area contributed by atoms with Crippen molar-refractivity contribution in [2.24, 2.45) is 0 Å². The van der Waals surface area contributed by atoms with E-state index in [-0.39, 0.29) is 4.90 Å². The number of rotatable bonds is 5. The van der Waals surface area contributed by atoms with Crippen LogP contribution in [0.15, 0.2) is 53.4 Å². The first-order valence-electron chi connectivity index (χ1n) is 8.66. The van der Waals surface area contributed by atoms with E-state index >= 15 is 0 Å². The standard InChI is InChI=1S/C20H22N2O4S/c1-25-18-9-8-17(14-19(18)26-2)27(23,24)22-12-10-20(15-21,11-13-22)16-6-4-3-5-7-16/h3-9,14H,10-13H2,1-2H3. The van der Waals surface area contributed by atoms with Crippen molar-refractivity contribution in [2.75, 3.05) is 27.3 Å². The van der Waals surface area contributed by atoms with E-state index in [1.807, 2.05) is 30.3 Å². The molecule has 0 radical (unpaired) electrons. The molecule has 0 amide bonds. The molecule has 7 heteroatoms. The van der Waals surface area contributed by atoms with Gasteiger partial charge in [-0.1, -0.05) is 30.3 Å². The normalized spacial score (nSPS) is 17.1. The predicted molar refractivity (Wildman–Crippen MR) is 101 cm³/mol. The van der Waals surface area contributed by atoms with Crippen molar-refractivity contribution in [3.8, 4) is 17.6 Å². The summed E-state index contributed by atoms with van der Waals surface area (Å²) in [6.45, 7) is 0.582. The van der Waals surface area contributed by atoms with Gasteiger partial charge in [0.05, 0.1) is 30.6 Å². The first-order valence-corrected chi connectivity index (χ1v) is 10.1. The van der Waals surface area contributed by atoms with E-state index < -0.39 is 15.4 Å². The zero-order chi connectivity index (χ0) is 19.5. The zero-order valence-electron chi connectivity index (χ0n) is 15.4. The Labute approximate surface area is 160 Å². The number of hydrogen-bond donors (Lipinski definition) is 0. The Morgan fingerprint density at radius 1 is 1.00 bits per heavy atom. The van der Waals surface area contributed by atoms with Gasteiger partial charge in [0.1, 0.15) is 0 Å². The molecule has 0 N–H and O–H groups in total. The molecule has 0 saturated carbocycles. The minimum atomic E-state index is -3.67. The maximum absolute atomic E-state index is 13.0. The molecule has 0 spiro atoms. The number of benzene rings is 2. The van der Waals surface area contributed by atoms with E-state index in [0.29, 0.717) is 37.4 Å². The summed E-state index contributed by atoms with van der Waals surface area (Å²) in [5.74, 6) is 0.842. The van der Waals surface area contributed by atoms with Crippen LogP contribution in [0.3, 0.4) is 0 Å². The lowest BCUT2D eigenvalue weighted by atomic mass is 9.74. The molecule has 0 bridgehead atoms. The summed E-state index contributed by atoms with van der Waals surface area (Å²) < 4.78 is 37.9. The summed E-state index contributed by atoms with van der Waals surface area (Å²) in [6.07, 6.45) is 0.917. The highest BCUT2D eigenvalue weighted by molar-refractivity contribution is 7.89. The van der Waals surface area contributed by atoms with Gasteiger partial charge in [0.15, 0.2) is 11.5 Å². The van der Waals surface area contributed by atoms with Crippen molar-refractivity contribution < 1.29 is 17.9 Å². The number of piperidine rings is 1. The summed E-state index contributed by atoms with van der Waals surface area (Å²) in [4.78, 5) is 0.157. The van der Waals surface area contributed by atoms with Gasteiger partial charge in [-0.15, -0.1) is 0 Å². The molecule has 1 aliphatic heterocycles. The number of ether oxygens (including phenoxy) is 2. The third-order valence-corrected chi connectivity index (χ3v) is 7.00. The number of hydrogen-bond acceptors (Lipinski definition) is 5. The Morgan fingerprint density at radius 2 is 1.63 bits per heavy atom. The van der Waals surface area contributed by atoms with E-state index in [1.165, 1.54) is 30.7 Å². The lowest BCUT2D eigenvalue weighted by Gasteiger charge is -2.37. The average molecular weight is 386 g/mol. The highest BCUT2D eigenvalue weighted by Crippen LogP contribution is 2.37. The van der Waals surface area contributed by atoms with Crippen LogP contribution in [0.25, 0.3) is 0 Å². The second-order valence-corrected chi connectivity index (χ2v) is 8.42. The monoisotopic (exact) mass is 386 g/mol. The van der Waals surface area contributed by atoms with Gasteiger partial charge in [-0.2, -0.15) is 9.57 Å². The van der Waals surface area contributed by atoms with Gasteiger partial charge in [0.25, 0.3) is 0 Å². The molecule has 0 aromatic heterocycles. The van der Waals surface area contributed by atoms with Crippen LogP contribution >= 0.6 is 0 Å². The maximum Gasteiger partial charge on any atom is 0.243 e. The number of methoxy groups -OCH3 is 2. The van der Waals surface area contributed by atoms with Crippen molar-refractivity contribution in [3.63, 3.8) is 0 Å². The van der Waals surface area contributed by atoms with Gasteiger partial charge in [-0.3, -0.25) is 0 Å². The third-order valence-electron chi connectivity index (χ3n) is 5.11. The lowest BCUT2D eigenvalue weighted by Crippen LogP contribution is -2.44. The van der Waals surface area contributed by atoms with Crippen LogP contribution in [0.4, 0.5) is 0 Å². The first-order chi connectivity index (χ1) is 13.0. The molecule has 0 unspecified atom stereocenters. The average Bonchev–Trinajstić information content (AvgIpc) is 2.73. The van der Waals surface area contributed by atoms with Crippen LogP contribution in [0, 0.1) is 11.3 Å². The van der Waals surface area contributed by atoms with Gasteiger partial charge in [-0.25, -0.2) is 8.42 Å². The Morgan fingerprint density at radius 3 is 2.19 bits per heavy atom. The van der Waals surface area contributed by atoms with Crippen LogP contribution in [-0.2, 0) is 15.4 Å². The Bertz CT molecular complexity index is 944. The molecule has 1 fully saturated rings. The molecule has 6 nitrogen and oxygen atoms in total. The second-order valence-electron chi connectivity index (χ2n) is 6.48. The van der Waals surface area contributed by atoms with Crippen LogP contribution in [-0.4, -0.2) is 40.0 Å². The molecule has 1 saturated heterocycles. The molecule has 2 aromatic carbocycles. The molecule has 1 aliphatic rings. The fourth-order valence-electron chi connectivity index (χ4n) is 3.46. The Hall–Kier alpha value is -2.56. The maximum atomic E-state index is 13.0. The molecule has 1 heterocycles. The van der Waals surface area contributed by atoms with Gasteiger partial charge in [0.2, 0.25) is 10.0 Å². The minimum absolute atomic E-state index is 0.157. The van der Waals surface area contributed by atoms with Crippen molar-refractivity contribution >= 4 is 10.0 Å². The number of nitriles is 1. The number of nitrogens with zero attached hydrogens (tertiary/aromatic N) is 2. The molecular formula is C20H22N2O4S. The highest BCUT2D eigenvalue weighted by Gasteiger charge is 2.40. The summed E-state index contributed by atoms with van der Waals surface area (Å²) in [6, 6.07) is 16.6. The SMILES string of the molecule is COc1ccc(S(=O)(=O)N2CCC(C#N)(c3ccccc3)CC2)cc1OC. The van der Waals surface area contributed by atoms with Crippen molar-refractivity contribution in [1.29, 1.82) is 5.26 Å². The van der Waals surface area contributed by atoms with Crippen LogP contribution in [0.1, 0.15) is 18.4 Å². The van der Waals surface area contributed by atoms with E-state index in [1.54, 1.807) is 6.07 Å². The largest absolute Gasteiger partial charge is 0.493 e. The van der Waals surface area contributed by atoms with Gasteiger partial charge in [-0.05, 0) is 30.5 Å². The van der Waals surface area contributed by atoms with E-state index in [0.717, 1.165) is 5.56 Å². The van der Waals surface area contributed by atoms with E-state index in [2.05, 4.69) is 6.07 Å². The minimum Gasteiger partial charge on any atom is -0.493 e. The van der Waals surface area contributed by atoms with Crippen molar-refractivity contribution in [1.82, 2.24) is 4.31 Å². The second kappa shape index (κ2) is 7.59. The Balaban J connectivity index is 1.84. The quantitative estimate of drug-likeness (QED) is 0.789. The fourth-order valence-corrected chi connectivity index (χ4v) is 4.91. The summed E-state index contributed by atoms with van der Waals surface area (Å²) in [7, 11) is -0.702. The molecule has 2 aromatic rings. The van der Waals surface area contributed by atoms with Crippen LogP contribution < -0.4 is 9.47 Å². The molecule has 27 heavy (non-hydrogen) atoms. The molecule has 0 aliphatic carbocycles. The first kappa shape index (κ1) is 19.2. The van der Waals surface area contributed by atoms with Crippen LogP contribution in [0.2, 0.25) is 0 Å². The third kappa shape index (κ3) is 3.51. The van der Waals surface area contributed by atoms with Crippen molar-refractivity contribution in [3.05, 3.63) is 54.1 Å². The Kier molecular flexibility index (Phi) is 5.40. The number of sulfonamides is 1. The van der Waals surface area contributed by atoms with Crippen molar-refractivity contribution in [2.45, 2.75) is 23.2 Å². The molecule has 142 valence electrons. The molecule has 0 atom stereocenters. The molecular weight excluding hydrogens is 364 g/mol. The highest BCUT2D eigenvalue weighted by atomic mass is 32.2. The van der Waals surface area contributed by atoms with E-state index in [4.69, 9.17) is 9.47 Å². The lowest BCUT2D eigenvalue weighted by molar-refractivity contribution is 0.277. The summed E-state index contributed by atoms with van der Waals surface area (Å²) >= 11 is 0. The zero-order valence-corrected chi connectivity index (χ0v) is 16.2.